The molecular weight excluding hydrogens is 426 g/mol. The molecule has 0 unspecified atom stereocenters. The van der Waals surface area contributed by atoms with Gasteiger partial charge in [-0.15, -0.1) is 0 Å². The van der Waals surface area contributed by atoms with E-state index >= 15 is 0 Å². The van der Waals surface area contributed by atoms with Gasteiger partial charge in [0.2, 0.25) is 10.0 Å². The van der Waals surface area contributed by atoms with E-state index in [0.29, 0.717) is 26.2 Å². The monoisotopic (exact) mass is 451 g/mol. The number of hydrogen-bond donors (Lipinski definition) is 1. The SMILES string of the molecule is Cc1cc(-c2cnn(C)c2)cc2c(-c3ccnc(N4CCN(S(C)(=O)=O)CC4)c3)[nH]nc12. The first-order valence-electron chi connectivity index (χ1n) is 10.4. The minimum atomic E-state index is -3.16. The number of rotatable bonds is 4. The summed E-state index contributed by atoms with van der Waals surface area (Å²) in [5.74, 6) is 0.832. The average Bonchev–Trinajstić information content (AvgIpc) is 3.40. The van der Waals surface area contributed by atoms with E-state index in [1.54, 1.807) is 10.9 Å². The lowest BCUT2D eigenvalue weighted by molar-refractivity contribution is 0.387. The second kappa shape index (κ2) is 7.72. The highest BCUT2D eigenvalue weighted by molar-refractivity contribution is 7.88. The number of aromatic amines is 1. The molecule has 5 rings (SSSR count). The van der Waals surface area contributed by atoms with Crippen molar-refractivity contribution in [3.05, 3.63) is 48.4 Å². The Hall–Kier alpha value is -3.24. The molecule has 0 aliphatic carbocycles. The van der Waals surface area contributed by atoms with Gasteiger partial charge in [-0.3, -0.25) is 9.78 Å². The highest BCUT2D eigenvalue weighted by Gasteiger charge is 2.24. The zero-order valence-corrected chi connectivity index (χ0v) is 19.1. The molecule has 1 aromatic carbocycles. The lowest BCUT2D eigenvalue weighted by Gasteiger charge is -2.34. The molecule has 0 radical (unpaired) electrons. The highest BCUT2D eigenvalue weighted by atomic mass is 32.2. The van der Waals surface area contributed by atoms with Gasteiger partial charge >= 0.3 is 0 Å². The van der Waals surface area contributed by atoms with Crippen LogP contribution >= 0.6 is 0 Å². The summed E-state index contributed by atoms with van der Waals surface area (Å²) in [5.41, 5.74) is 6.11. The first-order chi connectivity index (χ1) is 15.3. The maximum Gasteiger partial charge on any atom is 0.211 e. The number of fused-ring (bicyclic) bond motifs is 1. The van der Waals surface area contributed by atoms with Gasteiger partial charge in [-0.1, -0.05) is 0 Å². The average molecular weight is 452 g/mol. The van der Waals surface area contributed by atoms with Crippen LogP contribution in [-0.4, -0.2) is 70.1 Å². The van der Waals surface area contributed by atoms with Crippen LogP contribution in [0.5, 0.6) is 0 Å². The first-order valence-corrected chi connectivity index (χ1v) is 12.3. The van der Waals surface area contributed by atoms with Gasteiger partial charge in [0.05, 0.1) is 23.7 Å². The fourth-order valence-corrected chi connectivity index (χ4v) is 5.07. The van der Waals surface area contributed by atoms with Crippen molar-refractivity contribution in [2.24, 2.45) is 7.05 Å². The van der Waals surface area contributed by atoms with E-state index in [1.807, 2.05) is 31.6 Å². The van der Waals surface area contributed by atoms with E-state index in [-0.39, 0.29) is 0 Å². The Labute approximate surface area is 186 Å². The summed E-state index contributed by atoms with van der Waals surface area (Å²) in [7, 11) is -1.25. The summed E-state index contributed by atoms with van der Waals surface area (Å²) in [6, 6.07) is 8.27. The molecule has 1 N–H and O–H groups in total. The third-order valence-electron chi connectivity index (χ3n) is 5.95. The van der Waals surface area contributed by atoms with Gasteiger partial charge in [0.15, 0.2) is 0 Å². The van der Waals surface area contributed by atoms with Gasteiger partial charge < -0.3 is 4.90 Å². The van der Waals surface area contributed by atoms with Crippen LogP contribution in [0.2, 0.25) is 0 Å². The molecule has 1 aliphatic heterocycles. The molecule has 0 atom stereocenters. The topological polar surface area (TPSA) is 100 Å². The second-order valence-corrected chi connectivity index (χ2v) is 10.2. The van der Waals surface area contributed by atoms with Crippen molar-refractivity contribution >= 4 is 26.7 Å². The Morgan fingerprint density at radius 2 is 1.81 bits per heavy atom. The summed E-state index contributed by atoms with van der Waals surface area (Å²) >= 11 is 0. The third kappa shape index (κ3) is 3.76. The molecule has 1 saturated heterocycles. The largest absolute Gasteiger partial charge is 0.354 e. The molecule has 0 spiro atoms. The number of benzene rings is 1. The Bertz CT molecular complexity index is 1400. The number of aromatic nitrogens is 5. The molecular formula is C22H25N7O2S. The third-order valence-corrected chi connectivity index (χ3v) is 7.26. The van der Waals surface area contributed by atoms with Crippen LogP contribution in [0, 0.1) is 6.92 Å². The molecule has 0 amide bonds. The number of aryl methyl sites for hydroxylation is 2. The van der Waals surface area contributed by atoms with Gasteiger partial charge in [-0.05, 0) is 42.3 Å². The van der Waals surface area contributed by atoms with Crippen molar-refractivity contribution in [3.63, 3.8) is 0 Å². The van der Waals surface area contributed by atoms with Crippen LogP contribution in [-0.2, 0) is 17.1 Å². The predicted molar refractivity (Wildman–Crippen MR) is 125 cm³/mol. The Kier molecular flexibility index (Phi) is 4.98. The first kappa shape index (κ1) is 20.7. The normalized spacial score (nSPS) is 15.5. The van der Waals surface area contributed by atoms with Gasteiger partial charge in [-0.25, -0.2) is 13.4 Å². The minimum Gasteiger partial charge on any atom is -0.354 e. The van der Waals surface area contributed by atoms with Crippen LogP contribution in [0.15, 0.2) is 42.9 Å². The van der Waals surface area contributed by atoms with Crippen LogP contribution < -0.4 is 4.90 Å². The molecule has 1 fully saturated rings. The lowest BCUT2D eigenvalue weighted by atomic mass is 10.0. The Balaban J connectivity index is 1.49. The summed E-state index contributed by atoms with van der Waals surface area (Å²) in [6.07, 6.45) is 6.91. The van der Waals surface area contributed by atoms with Crippen molar-refractivity contribution in [2.45, 2.75) is 6.92 Å². The van der Waals surface area contributed by atoms with E-state index < -0.39 is 10.0 Å². The fourth-order valence-electron chi connectivity index (χ4n) is 4.24. The fraction of sp³-hybridized carbons (Fsp3) is 0.318. The maximum atomic E-state index is 11.8. The van der Waals surface area contributed by atoms with E-state index in [0.717, 1.165) is 44.7 Å². The van der Waals surface area contributed by atoms with E-state index in [9.17, 15) is 8.42 Å². The van der Waals surface area contributed by atoms with Crippen LogP contribution in [0.1, 0.15) is 5.56 Å². The Morgan fingerprint density at radius 3 is 2.50 bits per heavy atom. The van der Waals surface area contributed by atoms with Crippen LogP contribution in [0.4, 0.5) is 5.82 Å². The van der Waals surface area contributed by atoms with Gasteiger partial charge in [0.1, 0.15) is 5.82 Å². The van der Waals surface area contributed by atoms with Crippen LogP contribution in [0.25, 0.3) is 33.3 Å². The summed E-state index contributed by atoms with van der Waals surface area (Å²) in [4.78, 5) is 6.66. The maximum absolute atomic E-state index is 11.8. The minimum absolute atomic E-state index is 0.464. The molecule has 4 aromatic rings. The van der Waals surface area contributed by atoms with Crippen LogP contribution in [0.3, 0.4) is 0 Å². The highest BCUT2D eigenvalue weighted by Crippen LogP contribution is 2.33. The number of nitrogens with one attached hydrogen (secondary N) is 1. The van der Waals surface area contributed by atoms with Crippen molar-refractivity contribution < 1.29 is 8.42 Å². The van der Waals surface area contributed by atoms with E-state index in [2.05, 4.69) is 44.2 Å². The van der Waals surface area contributed by atoms with E-state index in [1.165, 1.54) is 10.6 Å². The van der Waals surface area contributed by atoms with Crippen molar-refractivity contribution in [1.29, 1.82) is 0 Å². The molecule has 4 heterocycles. The zero-order valence-electron chi connectivity index (χ0n) is 18.3. The quantitative estimate of drug-likeness (QED) is 0.512. The number of anilines is 1. The number of pyridine rings is 1. The molecule has 0 saturated carbocycles. The van der Waals surface area contributed by atoms with Gasteiger partial charge in [0, 0.05) is 62.1 Å². The molecule has 166 valence electrons. The summed E-state index contributed by atoms with van der Waals surface area (Å²) < 4.78 is 26.9. The molecule has 32 heavy (non-hydrogen) atoms. The molecule has 1 aliphatic rings. The predicted octanol–water partition coefficient (Wildman–Crippen LogP) is 2.42. The zero-order chi connectivity index (χ0) is 22.5. The smallest absolute Gasteiger partial charge is 0.211 e. The standard InChI is InChI=1S/C22H25N7O2S/c1-15-10-17(18-13-24-27(2)14-18)11-19-21(15)25-26-22(19)16-4-5-23-20(12-16)28-6-8-29(9-7-28)32(3,30)31/h4-5,10-14H,6-9H2,1-3H3,(H,25,26). The number of piperazine rings is 1. The summed E-state index contributed by atoms with van der Waals surface area (Å²) in [6.45, 7) is 4.21. The van der Waals surface area contributed by atoms with Crippen molar-refractivity contribution in [3.8, 4) is 22.4 Å². The molecule has 3 aromatic heterocycles. The van der Waals surface area contributed by atoms with Gasteiger partial charge in [0.25, 0.3) is 0 Å². The lowest BCUT2D eigenvalue weighted by Crippen LogP contribution is -2.48. The second-order valence-electron chi connectivity index (χ2n) is 8.24. The number of hydrogen-bond acceptors (Lipinski definition) is 6. The van der Waals surface area contributed by atoms with Crippen molar-refractivity contribution in [2.75, 3.05) is 37.3 Å². The molecule has 9 nitrogen and oxygen atoms in total. The number of H-pyrrole nitrogens is 1. The molecule has 10 heteroatoms. The van der Waals surface area contributed by atoms with E-state index in [4.69, 9.17) is 0 Å². The van der Waals surface area contributed by atoms with Gasteiger partial charge in [-0.2, -0.15) is 14.5 Å². The summed E-state index contributed by atoms with van der Waals surface area (Å²) in [5, 5.41) is 13.1. The number of nitrogens with zero attached hydrogens (tertiary/aromatic N) is 6. The Morgan fingerprint density at radius 1 is 1.03 bits per heavy atom. The number of sulfonamides is 1. The molecule has 0 bridgehead atoms. The van der Waals surface area contributed by atoms with Crippen molar-refractivity contribution in [1.82, 2.24) is 29.3 Å².